The van der Waals surface area contributed by atoms with Gasteiger partial charge >= 0.3 is 0 Å². The number of thiophene rings is 1. The fourth-order valence-electron chi connectivity index (χ4n) is 3.11. The number of fused-ring (bicyclic) bond motifs is 1. The van der Waals surface area contributed by atoms with Gasteiger partial charge in [-0.15, -0.1) is 11.3 Å². The van der Waals surface area contributed by atoms with Crippen molar-refractivity contribution in [2.75, 3.05) is 19.5 Å². The van der Waals surface area contributed by atoms with E-state index in [1.165, 1.54) is 4.88 Å². The van der Waals surface area contributed by atoms with Crippen molar-refractivity contribution in [3.63, 3.8) is 0 Å². The highest BCUT2D eigenvalue weighted by Gasteiger charge is 2.20. The van der Waals surface area contributed by atoms with Gasteiger partial charge < -0.3 is 4.74 Å². The Bertz CT molecular complexity index is 1010. The van der Waals surface area contributed by atoms with Crippen molar-refractivity contribution in [1.29, 1.82) is 0 Å². The van der Waals surface area contributed by atoms with Gasteiger partial charge in [0.1, 0.15) is 4.83 Å². The van der Waals surface area contributed by atoms with E-state index in [-0.39, 0.29) is 5.56 Å². The summed E-state index contributed by atoms with van der Waals surface area (Å²) in [5.74, 6) is 0.754. The third-order valence-electron chi connectivity index (χ3n) is 4.47. The molecule has 3 rings (SSSR count). The van der Waals surface area contributed by atoms with Crippen LogP contribution >= 0.6 is 23.1 Å². The summed E-state index contributed by atoms with van der Waals surface area (Å²) < 4.78 is 6.96. The van der Waals surface area contributed by atoms with Crippen LogP contribution in [-0.4, -0.2) is 29.0 Å². The Morgan fingerprint density at radius 3 is 2.73 bits per heavy atom. The van der Waals surface area contributed by atoms with E-state index in [1.54, 1.807) is 34.8 Å². The summed E-state index contributed by atoms with van der Waals surface area (Å²) in [6.45, 7) is 8.87. The second kappa shape index (κ2) is 7.94. The van der Waals surface area contributed by atoms with E-state index in [1.807, 2.05) is 13.8 Å². The molecule has 1 aromatic carbocycles. The van der Waals surface area contributed by atoms with Crippen molar-refractivity contribution in [2.45, 2.75) is 39.3 Å². The van der Waals surface area contributed by atoms with Gasteiger partial charge in [0.15, 0.2) is 5.16 Å². The van der Waals surface area contributed by atoms with Crippen molar-refractivity contribution < 1.29 is 4.74 Å². The molecule has 0 spiro atoms. The lowest BCUT2D eigenvalue weighted by Gasteiger charge is -2.15. The lowest BCUT2D eigenvalue weighted by atomic mass is 10.1. The highest BCUT2D eigenvalue weighted by atomic mass is 32.2. The first-order valence-electron chi connectivity index (χ1n) is 8.72. The molecule has 6 heteroatoms. The van der Waals surface area contributed by atoms with Gasteiger partial charge in [-0.3, -0.25) is 9.36 Å². The summed E-state index contributed by atoms with van der Waals surface area (Å²) in [6.07, 6.45) is 0.839. The molecule has 0 amide bonds. The standard InChI is InChI=1S/C20H24N2O2S2/c1-6-15-14(4)26-18-17(15)19(23)22(20(21-18)25-10-9-24-5)16-11-12(2)7-8-13(16)3/h7-8,11H,6,9-10H2,1-5H3. The first-order valence-corrected chi connectivity index (χ1v) is 10.5. The van der Waals surface area contributed by atoms with E-state index in [4.69, 9.17) is 9.72 Å². The molecule has 0 aliphatic rings. The number of hydrogen-bond donors (Lipinski definition) is 0. The second-order valence-electron chi connectivity index (χ2n) is 6.34. The van der Waals surface area contributed by atoms with Crippen molar-refractivity contribution >= 4 is 33.3 Å². The van der Waals surface area contributed by atoms with Crippen molar-refractivity contribution in [3.05, 3.63) is 50.1 Å². The van der Waals surface area contributed by atoms with Gasteiger partial charge in [-0.05, 0) is 49.9 Å². The maximum atomic E-state index is 13.5. The zero-order chi connectivity index (χ0) is 18.8. The highest BCUT2D eigenvalue weighted by Crippen LogP contribution is 2.31. The Hall–Kier alpha value is -1.63. The molecule has 0 aliphatic carbocycles. The maximum Gasteiger partial charge on any atom is 0.267 e. The molecule has 0 atom stereocenters. The van der Waals surface area contributed by atoms with Crippen LogP contribution in [0.4, 0.5) is 0 Å². The molecule has 3 aromatic rings. The number of methoxy groups -OCH3 is 1. The van der Waals surface area contributed by atoms with Crippen molar-refractivity contribution in [1.82, 2.24) is 9.55 Å². The Labute approximate surface area is 162 Å². The Morgan fingerprint density at radius 2 is 2.04 bits per heavy atom. The minimum Gasteiger partial charge on any atom is -0.384 e. The lowest BCUT2D eigenvalue weighted by molar-refractivity contribution is 0.218. The minimum absolute atomic E-state index is 0.0322. The normalized spacial score (nSPS) is 11.4. The molecule has 0 aliphatic heterocycles. The van der Waals surface area contributed by atoms with Gasteiger partial charge in [0.2, 0.25) is 0 Å². The summed E-state index contributed by atoms with van der Waals surface area (Å²) in [7, 11) is 1.69. The van der Waals surface area contributed by atoms with Gasteiger partial charge in [0, 0.05) is 17.7 Å². The van der Waals surface area contributed by atoms with Crippen LogP contribution in [0.2, 0.25) is 0 Å². The average Bonchev–Trinajstić information content (AvgIpc) is 2.93. The van der Waals surface area contributed by atoms with Crippen LogP contribution in [0.15, 0.2) is 28.2 Å². The topological polar surface area (TPSA) is 44.1 Å². The van der Waals surface area contributed by atoms with Crippen LogP contribution in [0.1, 0.15) is 28.5 Å². The van der Waals surface area contributed by atoms with Crippen LogP contribution in [-0.2, 0) is 11.2 Å². The smallest absolute Gasteiger partial charge is 0.267 e. The number of nitrogens with zero attached hydrogens (tertiary/aromatic N) is 2. The summed E-state index contributed by atoms with van der Waals surface area (Å²) in [6, 6.07) is 6.19. The fraction of sp³-hybridized carbons (Fsp3) is 0.400. The van der Waals surface area contributed by atoms with E-state index in [0.717, 1.165) is 49.9 Å². The third-order valence-corrected chi connectivity index (χ3v) is 6.42. The van der Waals surface area contributed by atoms with Crippen molar-refractivity contribution in [2.24, 2.45) is 0 Å². The monoisotopic (exact) mass is 388 g/mol. The summed E-state index contributed by atoms with van der Waals surface area (Å²) in [5, 5.41) is 1.50. The van der Waals surface area contributed by atoms with Crippen LogP contribution in [0.3, 0.4) is 0 Å². The summed E-state index contributed by atoms with van der Waals surface area (Å²) in [4.78, 5) is 20.4. The van der Waals surface area contributed by atoms with Gasteiger partial charge in [-0.1, -0.05) is 30.8 Å². The molecule has 0 bridgehead atoms. The molecule has 4 nitrogen and oxygen atoms in total. The van der Waals surface area contributed by atoms with Gasteiger partial charge in [-0.25, -0.2) is 4.98 Å². The predicted octanol–water partition coefficient (Wildman–Crippen LogP) is 4.67. The molecule has 138 valence electrons. The number of rotatable bonds is 6. The van der Waals surface area contributed by atoms with Crippen LogP contribution < -0.4 is 5.56 Å². The molecule has 0 radical (unpaired) electrons. The zero-order valence-corrected chi connectivity index (χ0v) is 17.5. The molecular formula is C20H24N2O2S2. The maximum absolute atomic E-state index is 13.5. The summed E-state index contributed by atoms with van der Waals surface area (Å²) in [5.41, 5.74) is 4.26. The first-order chi connectivity index (χ1) is 12.5. The number of aryl methyl sites for hydroxylation is 4. The van der Waals surface area contributed by atoms with E-state index in [0.29, 0.717) is 6.61 Å². The van der Waals surface area contributed by atoms with E-state index in [2.05, 4.69) is 32.0 Å². The number of aromatic nitrogens is 2. The lowest BCUT2D eigenvalue weighted by Crippen LogP contribution is -2.23. The molecule has 2 aromatic heterocycles. The minimum atomic E-state index is 0.0322. The SMILES string of the molecule is CCc1c(C)sc2nc(SCCOC)n(-c3cc(C)ccc3C)c(=O)c12. The summed E-state index contributed by atoms with van der Waals surface area (Å²) >= 11 is 3.18. The molecule has 0 unspecified atom stereocenters. The molecular weight excluding hydrogens is 364 g/mol. The molecule has 2 heterocycles. The fourth-order valence-corrected chi connectivity index (χ4v) is 5.17. The predicted molar refractivity (Wildman–Crippen MR) is 111 cm³/mol. The highest BCUT2D eigenvalue weighted by molar-refractivity contribution is 7.99. The third kappa shape index (κ3) is 3.46. The average molecular weight is 389 g/mol. The number of benzene rings is 1. The quantitative estimate of drug-likeness (QED) is 0.350. The van der Waals surface area contributed by atoms with Crippen LogP contribution in [0, 0.1) is 20.8 Å². The van der Waals surface area contributed by atoms with Gasteiger partial charge in [-0.2, -0.15) is 0 Å². The van der Waals surface area contributed by atoms with Crippen LogP contribution in [0.5, 0.6) is 0 Å². The molecule has 26 heavy (non-hydrogen) atoms. The second-order valence-corrected chi connectivity index (χ2v) is 8.60. The molecule has 0 N–H and O–H groups in total. The van der Waals surface area contributed by atoms with Crippen molar-refractivity contribution in [3.8, 4) is 5.69 Å². The van der Waals surface area contributed by atoms with Crippen LogP contribution in [0.25, 0.3) is 15.9 Å². The van der Waals surface area contributed by atoms with Gasteiger partial charge in [0.05, 0.1) is 17.7 Å². The first kappa shape index (κ1) is 19.1. The zero-order valence-electron chi connectivity index (χ0n) is 15.9. The Kier molecular flexibility index (Phi) is 5.85. The number of hydrogen-bond acceptors (Lipinski definition) is 5. The van der Waals surface area contributed by atoms with Gasteiger partial charge in [0.25, 0.3) is 5.56 Å². The Balaban J connectivity index is 2.33. The number of thioether (sulfide) groups is 1. The molecule has 0 saturated heterocycles. The molecule has 0 saturated carbocycles. The van der Waals surface area contributed by atoms with E-state index >= 15 is 0 Å². The molecule has 0 fully saturated rings. The Morgan fingerprint density at radius 1 is 1.27 bits per heavy atom. The largest absolute Gasteiger partial charge is 0.384 e. The van der Waals surface area contributed by atoms with E-state index in [9.17, 15) is 4.79 Å². The van der Waals surface area contributed by atoms with E-state index < -0.39 is 0 Å². The number of ether oxygens (including phenoxy) is 1.